The normalized spacial score (nSPS) is 14.6. The van der Waals surface area contributed by atoms with E-state index in [4.69, 9.17) is 23.2 Å². The fourth-order valence-electron chi connectivity index (χ4n) is 2.82. The number of nitrogens with one attached hydrogen (secondary N) is 1. The standard InChI is InChI=1S/C19H19Cl2N3O2/c1-24(12-7-13-5-10-22-11-6-13)18(26)19(8-9-19)17(25)23-15-4-2-3-14(20)16(15)21/h2-6,10-11H,7-9,12H2,1H3,(H,23,25). The van der Waals surface area contributed by atoms with Crippen LogP contribution in [0.4, 0.5) is 5.69 Å². The van der Waals surface area contributed by atoms with Gasteiger partial charge in [-0.05, 0) is 49.1 Å². The van der Waals surface area contributed by atoms with Crippen LogP contribution in [0.3, 0.4) is 0 Å². The molecule has 0 saturated heterocycles. The van der Waals surface area contributed by atoms with Crippen LogP contribution >= 0.6 is 23.2 Å². The molecule has 0 radical (unpaired) electrons. The molecule has 0 aliphatic heterocycles. The minimum Gasteiger partial charge on any atom is -0.344 e. The molecule has 1 aliphatic rings. The largest absolute Gasteiger partial charge is 0.344 e. The van der Waals surface area contributed by atoms with Crippen molar-refractivity contribution in [2.24, 2.45) is 5.41 Å². The van der Waals surface area contributed by atoms with E-state index in [0.717, 1.165) is 5.56 Å². The van der Waals surface area contributed by atoms with Gasteiger partial charge in [-0.2, -0.15) is 0 Å². The number of rotatable bonds is 6. The summed E-state index contributed by atoms with van der Waals surface area (Å²) in [7, 11) is 1.73. The van der Waals surface area contributed by atoms with Crippen molar-refractivity contribution in [1.29, 1.82) is 0 Å². The first-order chi connectivity index (χ1) is 12.4. The lowest BCUT2D eigenvalue weighted by Crippen LogP contribution is -2.41. The maximum absolute atomic E-state index is 12.8. The van der Waals surface area contributed by atoms with Crippen molar-refractivity contribution in [3.63, 3.8) is 0 Å². The van der Waals surface area contributed by atoms with Crippen LogP contribution in [0.2, 0.25) is 10.0 Å². The molecule has 3 rings (SSSR count). The summed E-state index contributed by atoms with van der Waals surface area (Å²) in [6, 6.07) is 8.84. The number of amides is 2. The lowest BCUT2D eigenvalue weighted by Gasteiger charge is -2.23. The molecule has 1 saturated carbocycles. The zero-order valence-corrected chi connectivity index (χ0v) is 15.8. The molecule has 2 amide bonds. The van der Waals surface area contributed by atoms with Gasteiger partial charge in [0.25, 0.3) is 0 Å². The van der Waals surface area contributed by atoms with E-state index in [1.54, 1.807) is 42.5 Å². The van der Waals surface area contributed by atoms with E-state index in [1.807, 2.05) is 12.1 Å². The van der Waals surface area contributed by atoms with Crippen molar-refractivity contribution in [1.82, 2.24) is 9.88 Å². The van der Waals surface area contributed by atoms with Gasteiger partial charge in [-0.1, -0.05) is 29.3 Å². The van der Waals surface area contributed by atoms with Gasteiger partial charge in [0.1, 0.15) is 5.41 Å². The van der Waals surface area contributed by atoms with E-state index in [-0.39, 0.29) is 16.8 Å². The predicted octanol–water partition coefficient (Wildman–Crippen LogP) is 3.81. The molecule has 5 nitrogen and oxygen atoms in total. The molecule has 0 unspecified atom stereocenters. The Morgan fingerprint density at radius 3 is 2.54 bits per heavy atom. The van der Waals surface area contributed by atoms with Gasteiger partial charge in [-0.25, -0.2) is 0 Å². The molecule has 136 valence electrons. The highest BCUT2D eigenvalue weighted by Gasteiger charge is 2.57. The third-order valence-electron chi connectivity index (χ3n) is 4.63. The number of benzene rings is 1. The van der Waals surface area contributed by atoms with E-state index in [0.29, 0.717) is 36.5 Å². The number of halogens is 2. The number of anilines is 1. The van der Waals surface area contributed by atoms with E-state index in [9.17, 15) is 9.59 Å². The maximum atomic E-state index is 12.8. The number of hydrogen-bond donors (Lipinski definition) is 1. The molecule has 1 aliphatic carbocycles. The first-order valence-corrected chi connectivity index (χ1v) is 9.09. The Hall–Kier alpha value is -2.11. The fourth-order valence-corrected chi connectivity index (χ4v) is 3.17. The number of carbonyl (C=O) groups is 2. The highest BCUT2D eigenvalue weighted by molar-refractivity contribution is 6.44. The zero-order valence-electron chi connectivity index (χ0n) is 14.3. The Kier molecular flexibility index (Phi) is 5.49. The Morgan fingerprint density at radius 2 is 1.88 bits per heavy atom. The Morgan fingerprint density at radius 1 is 1.19 bits per heavy atom. The summed E-state index contributed by atoms with van der Waals surface area (Å²) in [5, 5.41) is 3.38. The van der Waals surface area contributed by atoms with Crippen molar-refractivity contribution >= 4 is 40.7 Å². The van der Waals surface area contributed by atoms with Gasteiger partial charge in [0.05, 0.1) is 15.7 Å². The van der Waals surface area contributed by atoms with Crippen LogP contribution in [0.5, 0.6) is 0 Å². The number of carbonyl (C=O) groups excluding carboxylic acids is 2. The van der Waals surface area contributed by atoms with Crippen LogP contribution in [-0.4, -0.2) is 35.3 Å². The topological polar surface area (TPSA) is 62.3 Å². The third-order valence-corrected chi connectivity index (χ3v) is 5.44. The van der Waals surface area contributed by atoms with Gasteiger partial charge in [-0.15, -0.1) is 0 Å². The molecular weight excluding hydrogens is 373 g/mol. The highest BCUT2D eigenvalue weighted by atomic mass is 35.5. The summed E-state index contributed by atoms with van der Waals surface area (Å²) >= 11 is 12.1. The monoisotopic (exact) mass is 391 g/mol. The number of aromatic nitrogens is 1. The molecule has 1 fully saturated rings. The fraction of sp³-hybridized carbons (Fsp3) is 0.316. The van der Waals surface area contributed by atoms with Crippen molar-refractivity contribution < 1.29 is 9.59 Å². The maximum Gasteiger partial charge on any atom is 0.240 e. The van der Waals surface area contributed by atoms with E-state index in [2.05, 4.69) is 10.3 Å². The van der Waals surface area contributed by atoms with Gasteiger partial charge in [0.2, 0.25) is 11.8 Å². The van der Waals surface area contributed by atoms with Crippen LogP contribution in [0, 0.1) is 5.41 Å². The van der Waals surface area contributed by atoms with Crippen molar-refractivity contribution in [3.8, 4) is 0 Å². The summed E-state index contributed by atoms with van der Waals surface area (Å²) in [6.45, 7) is 0.537. The van der Waals surface area contributed by atoms with Crippen LogP contribution in [0.15, 0.2) is 42.7 Å². The number of likely N-dealkylation sites (N-methyl/N-ethyl adjacent to an activating group) is 1. The Labute approximate surface area is 162 Å². The number of nitrogens with zero attached hydrogens (tertiary/aromatic N) is 2. The summed E-state index contributed by atoms with van der Waals surface area (Å²) in [4.78, 5) is 31.1. The summed E-state index contributed by atoms with van der Waals surface area (Å²) < 4.78 is 0. The summed E-state index contributed by atoms with van der Waals surface area (Å²) in [6.07, 6.45) is 5.23. The second-order valence-corrected chi connectivity index (χ2v) is 7.25. The predicted molar refractivity (Wildman–Crippen MR) is 102 cm³/mol. The quantitative estimate of drug-likeness (QED) is 0.761. The van der Waals surface area contributed by atoms with Gasteiger partial charge < -0.3 is 10.2 Å². The Bertz CT molecular complexity index is 823. The van der Waals surface area contributed by atoms with E-state index in [1.165, 1.54) is 0 Å². The second kappa shape index (κ2) is 7.64. The Balaban J connectivity index is 1.64. The summed E-state index contributed by atoms with van der Waals surface area (Å²) in [5.41, 5.74) is 0.515. The highest BCUT2D eigenvalue weighted by Crippen LogP contribution is 2.48. The van der Waals surface area contributed by atoms with Crippen LogP contribution < -0.4 is 5.32 Å². The summed E-state index contributed by atoms with van der Waals surface area (Å²) in [5.74, 6) is -0.496. The van der Waals surface area contributed by atoms with Gasteiger partial charge in [0.15, 0.2) is 0 Å². The van der Waals surface area contributed by atoms with Gasteiger partial charge in [-0.3, -0.25) is 14.6 Å². The lowest BCUT2D eigenvalue weighted by atomic mass is 10.0. The average Bonchev–Trinajstić information content (AvgIpc) is 3.45. The van der Waals surface area contributed by atoms with Crippen molar-refractivity contribution in [2.45, 2.75) is 19.3 Å². The number of pyridine rings is 1. The molecule has 2 aromatic rings. The molecular formula is C19H19Cl2N3O2. The molecule has 1 N–H and O–H groups in total. The molecule has 0 atom stereocenters. The zero-order chi connectivity index (χ0) is 18.7. The molecule has 1 heterocycles. The van der Waals surface area contributed by atoms with Gasteiger partial charge >= 0.3 is 0 Å². The van der Waals surface area contributed by atoms with Crippen LogP contribution in [0.25, 0.3) is 0 Å². The molecule has 1 aromatic carbocycles. The molecule has 26 heavy (non-hydrogen) atoms. The van der Waals surface area contributed by atoms with Crippen LogP contribution in [0.1, 0.15) is 18.4 Å². The molecule has 7 heteroatoms. The minimum atomic E-state index is -1.00. The number of hydrogen-bond acceptors (Lipinski definition) is 3. The van der Waals surface area contributed by atoms with Crippen molar-refractivity contribution in [3.05, 3.63) is 58.3 Å². The van der Waals surface area contributed by atoms with Crippen LogP contribution in [-0.2, 0) is 16.0 Å². The molecule has 0 spiro atoms. The third kappa shape index (κ3) is 3.84. The lowest BCUT2D eigenvalue weighted by molar-refractivity contribution is -0.141. The first-order valence-electron chi connectivity index (χ1n) is 8.34. The molecule has 0 bridgehead atoms. The second-order valence-electron chi connectivity index (χ2n) is 6.47. The first kappa shape index (κ1) is 18.7. The smallest absolute Gasteiger partial charge is 0.240 e. The SMILES string of the molecule is CN(CCc1ccncc1)C(=O)C1(C(=O)Nc2cccc(Cl)c2Cl)CC1. The average molecular weight is 392 g/mol. The molecule has 1 aromatic heterocycles. The van der Waals surface area contributed by atoms with E-state index < -0.39 is 5.41 Å². The van der Waals surface area contributed by atoms with Crippen molar-refractivity contribution in [2.75, 3.05) is 18.9 Å². The van der Waals surface area contributed by atoms with E-state index >= 15 is 0 Å². The van der Waals surface area contributed by atoms with Gasteiger partial charge in [0, 0.05) is 26.0 Å². The minimum absolute atomic E-state index is 0.165.